The molecule has 5 rings (SSSR count). The maximum absolute atomic E-state index is 13.6. The normalized spacial score (nSPS) is 29.3. The highest BCUT2D eigenvalue weighted by Crippen LogP contribution is 2.41. The molecule has 1 aromatic carbocycles. The summed E-state index contributed by atoms with van der Waals surface area (Å²) in [6, 6.07) is 9.85. The number of urea groups is 1. The number of hydrogen-bond acceptors (Lipinski definition) is 4. The molecule has 3 aliphatic heterocycles. The fourth-order valence-electron chi connectivity index (χ4n) is 5.71. The zero-order chi connectivity index (χ0) is 20.8. The third-order valence-corrected chi connectivity index (χ3v) is 7.26. The van der Waals surface area contributed by atoms with Crippen molar-refractivity contribution in [3.05, 3.63) is 30.3 Å². The van der Waals surface area contributed by atoms with Gasteiger partial charge in [0.2, 0.25) is 5.92 Å². The molecule has 164 valence electrons. The highest BCUT2D eigenvalue weighted by molar-refractivity contribution is 5.89. The van der Waals surface area contributed by atoms with E-state index in [9.17, 15) is 13.6 Å². The first-order chi connectivity index (χ1) is 14.4. The molecule has 2 amide bonds. The molecule has 4 aliphatic rings. The third kappa shape index (κ3) is 3.81. The second kappa shape index (κ2) is 7.73. The number of carbonyl (C=O) groups excluding carboxylic acids is 1. The quantitative estimate of drug-likeness (QED) is 0.800. The van der Waals surface area contributed by atoms with E-state index in [0.29, 0.717) is 39.1 Å². The van der Waals surface area contributed by atoms with Crippen LogP contribution in [0.25, 0.3) is 0 Å². The predicted molar refractivity (Wildman–Crippen MR) is 110 cm³/mol. The molecule has 1 N–H and O–H groups in total. The van der Waals surface area contributed by atoms with Crippen molar-refractivity contribution in [1.29, 1.82) is 0 Å². The number of benzene rings is 1. The summed E-state index contributed by atoms with van der Waals surface area (Å²) in [6.07, 6.45) is 1.11. The van der Waals surface area contributed by atoms with Gasteiger partial charge >= 0.3 is 6.03 Å². The number of anilines is 1. The van der Waals surface area contributed by atoms with Gasteiger partial charge in [-0.1, -0.05) is 18.2 Å². The Labute approximate surface area is 176 Å². The summed E-state index contributed by atoms with van der Waals surface area (Å²) in [5.41, 5.74) is 0.693. The Kier molecular flexibility index (Phi) is 5.19. The zero-order valence-electron chi connectivity index (χ0n) is 17.2. The molecule has 1 aromatic rings. The van der Waals surface area contributed by atoms with Crippen LogP contribution in [-0.2, 0) is 4.74 Å². The highest BCUT2D eigenvalue weighted by atomic mass is 19.3. The van der Waals surface area contributed by atoms with Crippen LogP contribution in [0.5, 0.6) is 0 Å². The smallest absolute Gasteiger partial charge is 0.321 e. The number of alkyl halides is 2. The fraction of sp³-hybridized carbons (Fsp3) is 0.682. The van der Waals surface area contributed by atoms with E-state index in [0.717, 1.165) is 25.3 Å². The Bertz CT molecular complexity index is 762. The number of ether oxygens (including phenoxy) is 1. The van der Waals surface area contributed by atoms with E-state index in [1.807, 2.05) is 35.2 Å². The van der Waals surface area contributed by atoms with Gasteiger partial charge in [0.1, 0.15) is 0 Å². The first kappa shape index (κ1) is 20.2. The molecule has 8 heteroatoms. The van der Waals surface area contributed by atoms with E-state index in [1.54, 1.807) is 0 Å². The maximum Gasteiger partial charge on any atom is 0.321 e. The SMILES string of the molecule is O=C(Nc1ccccc1)N1CC2COCCN2C2(C1)CN(C1CCC(F)(F)CC1)C2. The Morgan fingerprint density at radius 1 is 1.07 bits per heavy atom. The average Bonchev–Trinajstić information content (AvgIpc) is 2.72. The highest BCUT2D eigenvalue weighted by Gasteiger charge is 2.56. The van der Waals surface area contributed by atoms with Crippen molar-refractivity contribution in [2.45, 2.75) is 49.2 Å². The summed E-state index contributed by atoms with van der Waals surface area (Å²) in [5, 5.41) is 3.01. The summed E-state index contributed by atoms with van der Waals surface area (Å²) >= 11 is 0. The van der Waals surface area contributed by atoms with Crippen molar-refractivity contribution in [2.24, 2.45) is 0 Å². The molecule has 30 heavy (non-hydrogen) atoms. The molecule has 0 aromatic heterocycles. The van der Waals surface area contributed by atoms with Gasteiger partial charge in [-0.15, -0.1) is 0 Å². The molecule has 0 bridgehead atoms. The number of likely N-dealkylation sites (tertiary alicyclic amines) is 1. The number of rotatable bonds is 2. The number of nitrogens with one attached hydrogen (secondary N) is 1. The van der Waals surface area contributed by atoms with Crippen LogP contribution < -0.4 is 5.32 Å². The number of para-hydroxylation sites is 1. The lowest BCUT2D eigenvalue weighted by Crippen LogP contribution is -2.82. The Morgan fingerprint density at radius 3 is 2.53 bits per heavy atom. The van der Waals surface area contributed by atoms with Crippen molar-refractivity contribution in [1.82, 2.24) is 14.7 Å². The molecule has 1 spiro atoms. The van der Waals surface area contributed by atoms with Crippen molar-refractivity contribution in [3.63, 3.8) is 0 Å². The van der Waals surface area contributed by atoms with Gasteiger partial charge in [-0.2, -0.15) is 0 Å². The summed E-state index contributed by atoms with van der Waals surface area (Å²) in [4.78, 5) is 19.8. The number of morpholine rings is 1. The van der Waals surface area contributed by atoms with Gasteiger partial charge in [0.25, 0.3) is 0 Å². The van der Waals surface area contributed by atoms with Crippen LogP contribution in [0.1, 0.15) is 25.7 Å². The number of fused-ring (bicyclic) bond motifs is 2. The van der Waals surface area contributed by atoms with Crippen LogP contribution in [0.3, 0.4) is 0 Å². The number of nitrogens with zero attached hydrogens (tertiary/aromatic N) is 3. The van der Waals surface area contributed by atoms with Crippen molar-refractivity contribution in [3.8, 4) is 0 Å². The summed E-state index contributed by atoms with van der Waals surface area (Å²) in [6.45, 7) is 5.22. The van der Waals surface area contributed by atoms with Gasteiger partial charge in [0.15, 0.2) is 0 Å². The molecule has 6 nitrogen and oxygen atoms in total. The van der Waals surface area contributed by atoms with E-state index in [-0.39, 0.29) is 36.5 Å². The molecule has 1 aliphatic carbocycles. The Morgan fingerprint density at radius 2 is 1.80 bits per heavy atom. The molecule has 3 heterocycles. The third-order valence-electron chi connectivity index (χ3n) is 7.26. The summed E-state index contributed by atoms with van der Waals surface area (Å²) < 4.78 is 32.8. The summed E-state index contributed by atoms with van der Waals surface area (Å²) in [5.74, 6) is -2.49. The van der Waals surface area contributed by atoms with Crippen molar-refractivity contribution < 1.29 is 18.3 Å². The van der Waals surface area contributed by atoms with Crippen LogP contribution in [0.15, 0.2) is 30.3 Å². The van der Waals surface area contributed by atoms with Gasteiger partial charge in [-0.25, -0.2) is 13.6 Å². The number of amides is 2. The topological polar surface area (TPSA) is 48.1 Å². The lowest BCUT2D eigenvalue weighted by Gasteiger charge is -2.64. The predicted octanol–water partition coefficient (Wildman–Crippen LogP) is 2.87. The molecule has 1 unspecified atom stereocenters. The second-order valence-corrected chi connectivity index (χ2v) is 9.32. The van der Waals surface area contributed by atoms with Gasteiger partial charge in [-0.3, -0.25) is 9.80 Å². The first-order valence-electron chi connectivity index (χ1n) is 11.0. The molecule has 0 radical (unpaired) electrons. The van der Waals surface area contributed by atoms with Gasteiger partial charge in [0.05, 0.1) is 24.8 Å². The van der Waals surface area contributed by atoms with Gasteiger partial charge in [0, 0.05) is 57.3 Å². The lowest BCUT2D eigenvalue weighted by molar-refractivity contribution is -0.172. The molecule has 1 atom stereocenters. The summed E-state index contributed by atoms with van der Waals surface area (Å²) in [7, 11) is 0. The minimum absolute atomic E-state index is 0.00699. The molecular formula is C22H30F2N4O2. The largest absolute Gasteiger partial charge is 0.378 e. The second-order valence-electron chi connectivity index (χ2n) is 9.32. The fourth-order valence-corrected chi connectivity index (χ4v) is 5.71. The number of carbonyl (C=O) groups is 1. The minimum Gasteiger partial charge on any atom is -0.378 e. The molecule has 1 saturated carbocycles. The van der Waals surface area contributed by atoms with Gasteiger partial charge in [-0.05, 0) is 25.0 Å². The van der Waals surface area contributed by atoms with Crippen LogP contribution in [0.2, 0.25) is 0 Å². The standard InChI is InChI=1S/C22H30F2N4O2/c23-22(24)8-6-18(7-9-22)27-15-21(16-27)14-26(12-19-13-30-11-10-28(19)21)20(29)25-17-4-2-1-3-5-17/h1-5,18-19H,6-16H2,(H,25,29). The molecule has 4 fully saturated rings. The van der Waals surface area contributed by atoms with Gasteiger partial charge < -0.3 is 15.0 Å². The van der Waals surface area contributed by atoms with Crippen LogP contribution in [-0.4, -0.2) is 90.2 Å². The van der Waals surface area contributed by atoms with E-state index in [4.69, 9.17) is 4.74 Å². The first-order valence-corrected chi connectivity index (χ1v) is 11.0. The Hall–Kier alpha value is -1.77. The molecular weight excluding hydrogens is 390 g/mol. The van der Waals surface area contributed by atoms with E-state index >= 15 is 0 Å². The number of hydrogen-bond donors (Lipinski definition) is 1. The van der Waals surface area contributed by atoms with Crippen molar-refractivity contribution in [2.75, 3.05) is 51.3 Å². The number of piperazine rings is 1. The minimum atomic E-state index is -2.49. The van der Waals surface area contributed by atoms with E-state index < -0.39 is 5.92 Å². The van der Waals surface area contributed by atoms with E-state index in [2.05, 4.69) is 15.1 Å². The Balaban J connectivity index is 1.27. The van der Waals surface area contributed by atoms with Crippen LogP contribution in [0.4, 0.5) is 19.3 Å². The molecule has 3 saturated heterocycles. The zero-order valence-corrected chi connectivity index (χ0v) is 17.2. The van der Waals surface area contributed by atoms with Crippen LogP contribution in [0, 0.1) is 0 Å². The maximum atomic E-state index is 13.6. The number of halogens is 2. The van der Waals surface area contributed by atoms with Crippen molar-refractivity contribution >= 4 is 11.7 Å². The van der Waals surface area contributed by atoms with Crippen LogP contribution >= 0.6 is 0 Å². The lowest BCUT2D eigenvalue weighted by atomic mass is 9.79. The van der Waals surface area contributed by atoms with E-state index in [1.165, 1.54) is 0 Å². The average molecular weight is 421 g/mol. The monoisotopic (exact) mass is 420 g/mol.